The standard InChI is InChI=1S/C12H13NO2/c1-3-9-4-5-11(14-2)10(6-9)12-7-13-8-15-12/h4-8H,3H2,1-2H3. The highest BCUT2D eigenvalue weighted by molar-refractivity contribution is 5.66. The van der Waals surface area contributed by atoms with Crippen LogP contribution in [0.5, 0.6) is 5.75 Å². The van der Waals surface area contributed by atoms with Crippen LogP contribution in [0, 0.1) is 0 Å². The van der Waals surface area contributed by atoms with E-state index >= 15 is 0 Å². The molecule has 0 bridgehead atoms. The number of methoxy groups -OCH3 is 1. The summed E-state index contributed by atoms with van der Waals surface area (Å²) in [6, 6.07) is 6.08. The second-order valence-corrected chi connectivity index (χ2v) is 3.25. The molecule has 78 valence electrons. The van der Waals surface area contributed by atoms with Crippen molar-refractivity contribution in [3.63, 3.8) is 0 Å². The van der Waals surface area contributed by atoms with E-state index in [0.29, 0.717) is 0 Å². The Bertz CT molecular complexity index is 435. The molecule has 1 aromatic carbocycles. The summed E-state index contributed by atoms with van der Waals surface area (Å²) in [5.74, 6) is 1.55. The smallest absolute Gasteiger partial charge is 0.181 e. The van der Waals surface area contributed by atoms with Gasteiger partial charge in [0.25, 0.3) is 0 Å². The first-order valence-corrected chi connectivity index (χ1v) is 4.91. The van der Waals surface area contributed by atoms with Crippen LogP contribution in [-0.4, -0.2) is 12.1 Å². The quantitative estimate of drug-likeness (QED) is 0.769. The molecule has 3 nitrogen and oxygen atoms in total. The average Bonchev–Trinajstić information content (AvgIpc) is 2.81. The summed E-state index contributed by atoms with van der Waals surface area (Å²) in [6.07, 6.45) is 4.11. The lowest BCUT2D eigenvalue weighted by Gasteiger charge is -2.07. The summed E-state index contributed by atoms with van der Waals surface area (Å²) in [7, 11) is 1.65. The molecule has 1 aromatic heterocycles. The molecule has 2 rings (SSSR count). The Kier molecular flexibility index (Phi) is 2.72. The molecule has 0 N–H and O–H groups in total. The van der Waals surface area contributed by atoms with Gasteiger partial charge in [-0.25, -0.2) is 4.98 Å². The molecule has 0 aliphatic carbocycles. The van der Waals surface area contributed by atoms with E-state index in [-0.39, 0.29) is 0 Å². The number of benzene rings is 1. The van der Waals surface area contributed by atoms with Gasteiger partial charge in [0.1, 0.15) is 5.75 Å². The predicted molar refractivity (Wildman–Crippen MR) is 57.9 cm³/mol. The number of rotatable bonds is 3. The van der Waals surface area contributed by atoms with E-state index in [4.69, 9.17) is 9.15 Å². The maximum Gasteiger partial charge on any atom is 0.181 e. The molecule has 0 aliphatic rings. The second kappa shape index (κ2) is 4.17. The van der Waals surface area contributed by atoms with Crippen molar-refractivity contribution in [2.75, 3.05) is 7.11 Å². The van der Waals surface area contributed by atoms with Crippen LogP contribution in [0.15, 0.2) is 35.2 Å². The average molecular weight is 203 g/mol. The number of hydrogen-bond acceptors (Lipinski definition) is 3. The number of oxazole rings is 1. The van der Waals surface area contributed by atoms with Crippen molar-refractivity contribution in [2.45, 2.75) is 13.3 Å². The van der Waals surface area contributed by atoms with Gasteiger partial charge in [-0.2, -0.15) is 0 Å². The van der Waals surface area contributed by atoms with Gasteiger partial charge in [-0.3, -0.25) is 0 Å². The molecule has 0 spiro atoms. The second-order valence-electron chi connectivity index (χ2n) is 3.25. The maximum absolute atomic E-state index is 5.28. The SMILES string of the molecule is CCc1ccc(OC)c(-c2cnco2)c1. The van der Waals surface area contributed by atoms with Crippen LogP contribution >= 0.6 is 0 Å². The number of ether oxygens (including phenoxy) is 1. The summed E-state index contributed by atoms with van der Waals surface area (Å²) in [6.45, 7) is 2.12. The van der Waals surface area contributed by atoms with Crippen molar-refractivity contribution < 1.29 is 9.15 Å². The maximum atomic E-state index is 5.28. The van der Waals surface area contributed by atoms with Gasteiger partial charge in [0.2, 0.25) is 0 Å². The van der Waals surface area contributed by atoms with E-state index in [1.54, 1.807) is 13.3 Å². The third kappa shape index (κ3) is 1.86. The Hall–Kier alpha value is -1.77. The Morgan fingerprint density at radius 3 is 2.87 bits per heavy atom. The van der Waals surface area contributed by atoms with Crippen LogP contribution in [0.1, 0.15) is 12.5 Å². The third-order valence-electron chi connectivity index (χ3n) is 2.37. The first-order valence-electron chi connectivity index (χ1n) is 4.91. The molecule has 0 atom stereocenters. The van der Waals surface area contributed by atoms with Crippen LogP contribution in [-0.2, 0) is 6.42 Å². The number of aromatic nitrogens is 1. The highest BCUT2D eigenvalue weighted by atomic mass is 16.5. The Morgan fingerprint density at radius 2 is 2.27 bits per heavy atom. The third-order valence-corrected chi connectivity index (χ3v) is 2.37. The molecule has 0 fully saturated rings. The van der Waals surface area contributed by atoms with Gasteiger partial charge in [0.05, 0.1) is 18.9 Å². The zero-order valence-corrected chi connectivity index (χ0v) is 8.86. The molecule has 0 saturated carbocycles. The molecule has 1 heterocycles. The van der Waals surface area contributed by atoms with Gasteiger partial charge < -0.3 is 9.15 Å². The highest BCUT2D eigenvalue weighted by Crippen LogP contribution is 2.30. The van der Waals surface area contributed by atoms with Gasteiger partial charge in [0, 0.05) is 0 Å². The van der Waals surface area contributed by atoms with E-state index in [2.05, 4.69) is 24.0 Å². The molecule has 15 heavy (non-hydrogen) atoms. The normalized spacial score (nSPS) is 10.3. The number of aryl methyl sites for hydroxylation is 1. The summed E-state index contributed by atoms with van der Waals surface area (Å²) in [5.41, 5.74) is 2.21. The largest absolute Gasteiger partial charge is 0.496 e. The van der Waals surface area contributed by atoms with Crippen molar-refractivity contribution in [3.8, 4) is 17.1 Å². The van der Waals surface area contributed by atoms with E-state index in [9.17, 15) is 0 Å². The van der Waals surface area contributed by atoms with E-state index in [0.717, 1.165) is 23.5 Å². The summed E-state index contributed by atoms with van der Waals surface area (Å²) in [5, 5.41) is 0. The van der Waals surface area contributed by atoms with Crippen molar-refractivity contribution in [2.24, 2.45) is 0 Å². The summed E-state index contributed by atoms with van der Waals surface area (Å²) in [4.78, 5) is 3.91. The highest BCUT2D eigenvalue weighted by Gasteiger charge is 2.09. The van der Waals surface area contributed by atoms with Gasteiger partial charge in [0.15, 0.2) is 12.2 Å². The molecule has 0 radical (unpaired) electrons. The Morgan fingerprint density at radius 1 is 1.40 bits per heavy atom. The minimum absolute atomic E-state index is 0.738. The fraction of sp³-hybridized carbons (Fsp3) is 0.250. The minimum Gasteiger partial charge on any atom is -0.496 e. The van der Waals surface area contributed by atoms with Gasteiger partial charge in [-0.05, 0) is 24.1 Å². The van der Waals surface area contributed by atoms with Crippen LogP contribution in [0.4, 0.5) is 0 Å². The van der Waals surface area contributed by atoms with Gasteiger partial charge >= 0.3 is 0 Å². The first kappa shape index (κ1) is 9.77. The zero-order chi connectivity index (χ0) is 10.7. The van der Waals surface area contributed by atoms with E-state index in [1.807, 2.05) is 6.07 Å². The van der Waals surface area contributed by atoms with E-state index in [1.165, 1.54) is 12.0 Å². The van der Waals surface area contributed by atoms with E-state index < -0.39 is 0 Å². The fourth-order valence-electron chi connectivity index (χ4n) is 1.52. The van der Waals surface area contributed by atoms with Crippen molar-refractivity contribution in [3.05, 3.63) is 36.4 Å². The van der Waals surface area contributed by atoms with Crippen molar-refractivity contribution in [1.29, 1.82) is 0 Å². The van der Waals surface area contributed by atoms with Crippen LogP contribution < -0.4 is 4.74 Å². The predicted octanol–water partition coefficient (Wildman–Crippen LogP) is 2.91. The fourth-order valence-corrected chi connectivity index (χ4v) is 1.52. The van der Waals surface area contributed by atoms with Crippen LogP contribution in [0.3, 0.4) is 0 Å². The molecule has 0 amide bonds. The summed E-state index contributed by atoms with van der Waals surface area (Å²) >= 11 is 0. The number of hydrogen-bond donors (Lipinski definition) is 0. The Balaban J connectivity index is 2.52. The lowest BCUT2D eigenvalue weighted by atomic mass is 10.1. The monoisotopic (exact) mass is 203 g/mol. The Labute approximate surface area is 88.7 Å². The topological polar surface area (TPSA) is 35.3 Å². The zero-order valence-electron chi connectivity index (χ0n) is 8.86. The molecule has 0 aliphatic heterocycles. The molecular formula is C12H13NO2. The van der Waals surface area contributed by atoms with Crippen molar-refractivity contribution >= 4 is 0 Å². The van der Waals surface area contributed by atoms with Crippen LogP contribution in [0.2, 0.25) is 0 Å². The molecular weight excluding hydrogens is 190 g/mol. The molecule has 2 aromatic rings. The lowest BCUT2D eigenvalue weighted by Crippen LogP contribution is -1.89. The summed E-state index contributed by atoms with van der Waals surface area (Å²) < 4.78 is 10.6. The van der Waals surface area contributed by atoms with Crippen LogP contribution in [0.25, 0.3) is 11.3 Å². The minimum atomic E-state index is 0.738. The first-order chi connectivity index (χ1) is 7.35. The molecule has 3 heteroatoms. The van der Waals surface area contributed by atoms with Crippen molar-refractivity contribution in [1.82, 2.24) is 4.98 Å². The molecule has 0 unspecified atom stereocenters. The van der Waals surface area contributed by atoms with Gasteiger partial charge in [-0.1, -0.05) is 13.0 Å². The lowest BCUT2D eigenvalue weighted by molar-refractivity contribution is 0.414. The molecule has 0 saturated heterocycles. The number of nitrogens with zero attached hydrogens (tertiary/aromatic N) is 1. The van der Waals surface area contributed by atoms with Gasteiger partial charge in [-0.15, -0.1) is 0 Å².